The Morgan fingerprint density at radius 2 is 2.25 bits per heavy atom. The van der Waals surface area contributed by atoms with E-state index in [0.29, 0.717) is 22.3 Å². The van der Waals surface area contributed by atoms with Gasteiger partial charge in [0.1, 0.15) is 11.9 Å². The van der Waals surface area contributed by atoms with E-state index in [4.69, 9.17) is 10.5 Å². The highest BCUT2D eigenvalue weighted by molar-refractivity contribution is 5.85. The fourth-order valence-electron chi connectivity index (χ4n) is 2.75. The van der Waals surface area contributed by atoms with Crippen LogP contribution in [0.2, 0.25) is 0 Å². The van der Waals surface area contributed by atoms with Crippen molar-refractivity contribution in [3.05, 3.63) is 28.2 Å². The Labute approximate surface area is 114 Å². The fraction of sp³-hybridized carbons (Fsp3) is 0.462. The van der Waals surface area contributed by atoms with Gasteiger partial charge in [0.25, 0.3) is 5.56 Å². The molecule has 1 fully saturated rings. The van der Waals surface area contributed by atoms with Crippen molar-refractivity contribution < 1.29 is 14.9 Å². The number of aromatic nitrogens is 2. The van der Waals surface area contributed by atoms with Crippen molar-refractivity contribution in [2.24, 2.45) is 5.92 Å². The van der Waals surface area contributed by atoms with Crippen LogP contribution in [0.25, 0.3) is 10.9 Å². The highest BCUT2D eigenvalue weighted by Crippen LogP contribution is 2.38. The number of hydrogen-bond donors (Lipinski definition) is 5. The second-order valence-electron chi connectivity index (χ2n) is 5.21. The first-order valence-electron chi connectivity index (χ1n) is 6.47. The molecular weight excluding hydrogens is 262 g/mol. The van der Waals surface area contributed by atoms with Crippen LogP contribution in [0.15, 0.2) is 17.1 Å². The van der Waals surface area contributed by atoms with E-state index in [1.54, 1.807) is 6.07 Å². The van der Waals surface area contributed by atoms with E-state index < -0.39 is 18.3 Å². The molecule has 0 aromatic carbocycles. The number of hydrogen-bond acceptors (Lipinski definition) is 5. The number of fused-ring (bicyclic) bond motifs is 1. The van der Waals surface area contributed by atoms with Gasteiger partial charge in [-0.1, -0.05) is 6.92 Å². The molecule has 2 aromatic rings. The molecule has 0 saturated carbocycles. The second kappa shape index (κ2) is 4.62. The molecule has 1 aliphatic rings. The highest BCUT2D eigenvalue weighted by atomic mass is 16.5. The quantitative estimate of drug-likeness (QED) is 0.523. The summed E-state index contributed by atoms with van der Waals surface area (Å²) in [6, 6.07) is 1.55. The predicted molar refractivity (Wildman–Crippen MR) is 73.2 cm³/mol. The van der Waals surface area contributed by atoms with Gasteiger partial charge >= 0.3 is 0 Å². The lowest BCUT2D eigenvalue weighted by Gasteiger charge is -2.16. The third kappa shape index (κ3) is 1.82. The minimum absolute atomic E-state index is 0.159. The molecule has 0 spiro atoms. The van der Waals surface area contributed by atoms with Gasteiger partial charge < -0.3 is 30.7 Å². The molecule has 0 bridgehead atoms. The molecule has 3 rings (SSSR count). The smallest absolute Gasteiger partial charge is 0.257 e. The third-order valence-electron chi connectivity index (χ3n) is 3.97. The van der Waals surface area contributed by atoms with Crippen LogP contribution in [0.5, 0.6) is 0 Å². The van der Waals surface area contributed by atoms with Crippen molar-refractivity contribution in [1.82, 2.24) is 9.97 Å². The minimum atomic E-state index is -0.759. The molecule has 4 atom stereocenters. The van der Waals surface area contributed by atoms with Gasteiger partial charge in [0.2, 0.25) is 0 Å². The molecule has 7 heteroatoms. The van der Waals surface area contributed by atoms with E-state index in [0.717, 1.165) is 0 Å². The Bertz CT molecular complexity index is 692. The second-order valence-corrected chi connectivity index (χ2v) is 5.21. The summed E-state index contributed by atoms with van der Waals surface area (Å²) in [5.41, 5.74) is 6.62. The fourth-order valence-corrected chi connectivity index (χ4v) is 2.75. The van der Waals surface area contributed by atoms with Crippen molar-refractivity contribution in [3.63, 3.8) is 0 Å². The van der Waals surface area contributed by atoms with Gasteiger partial charge in [0.05, 0.1) is 29.7 Å². The molecule has 1 unspecified atom stereocenters. The Hall–Kier alpha value is -1.83. The summed E-state index contributed by atoms with van der Waals surface area (Å²) in [5.74, 6) is 0.177. The number of H-pyrrole nitrogens is 2. The molecule has 6 N–H and O–H groups in total. The van der Waals surface area contributed by atoms with Gasteiger partial charge in [-0.15, -0.1) is 0 Å². The van der Waals surface area contributed by atoms with E-state index in [2.05, 4.69) is 9.97 Å². The van der Waals surface area contributed by atoms with E-state index in [1.165, 1.54) is 6.20 Å². The topological polar surface area (TPSA) is 124 Å². The zero-order valence-electron chi connectivity index (χ0n) is 11.0. The highest BCUT2D eigenvalue weighted by Gasteiger charge is 2.42. The van der Waals surface area contributed by atoms with Gasteiger partial charge in [-0.05, 0) is 6.07 Å². The van der Waals surface area contributed by atoms with Gasteiger partial charge in [-0.3, -0.25) is 4.79 Å². The van der Waals surface area contributed by atoms with Crippen molar-refractivity contribution in [3.8, 4) is 0 Å². The van der Waals surface area contributed by atoms with Crippen LogP contribution in [0.3, 0.4) is 0 Å². The third-order valence-corrected chi connectivity index (χ3v) is 3.97. The summed E-state index contributed by atoms with van der Waals surface area (Å²) >= 11 is 0. The number of rotatable bonds is 2. The van der Waals surface area contributed by atoms with Crippen LogP contribution < -0.4 is 11.3 Å². The van der Waals surface area contributed by atoms with Crippen LogP contribution in [0, 0.1) is 5.92 Å². The number of anilines is 1. The maximum absolute atomic E-state index is 11.8. The Morgan fingerprint density at radius 3 is 2.90 bits per heavy atom. The average molecular weight is 279 g/mol. The molecule has 1 saturated heterocycles. The minimum Gasteiger partial charge on any atom is -0.394 e. The Morgan fingerprint density at radius 1 is 1.50 bits per heavy atom. The summed E-state index contributed by atoms with van der Waals surface area (Å²) in [5, 5.41) is 20.0. The number of nitrogen functional groups attached to an aromatic ring is 1. The molecule has 3 heterocycles. The molecule has 0 radical (unpaired) electrons. The lowest BCUT2D eigenvalue weighted by molar-refractivity contribution is -0.0119. The first-order valence-corrected chi connectivity index (χ1v) is 6.47. The number of aromatic amines is 2. The summed E-state index contributed by atoms with van der Waals surface area (Å²) in [6.07, 6.45) is -0.282. The number of ether oxygens (including phenoxy) is 1. The number of nitrogens with two attached hydrogens (primary N) is 1. The molecule has 0 amide bonds. The molecule has 7 nitrogen and oxygen atoms in total. The van der Waals surface area contributed by atoms with Crippen molar-refractivity contribution in [1.29, 1.82) is 0 Å². The summed E-state index contributed by atoms with van der Waals surface area (Å²) in [6.45, 7) is 1.66. The van der Waals surface area contributed by atoms with E-state index in [-0.39, 0.29) is 18.1 Å². The van der Waals surface area contributed by atoms with Crippen LogP contribution in [-0.2, 0) is 4.74 Å². The Kier molecular flexibility index (Phi) is 3.04. The van der Waals surface area contributed by atoms with Crippen LogP contribution >= 0.6 is 0 Å². The maximum Gasteiger partial charge on any atom is 0.257 e. The molecular formula is C13H17N3O4. The first-order chi connectivity index (χ1) is 9.52. The van der Waals surface area contributed by atoms with E-state index >= 15 is 0 Å². The summed E-state index contributed by atoms with van der Waals surface area (Å²) in [4.78, 5) is 17.3. The normalized spacial score (nSPS) is 30.1. The average Bonchev–Trinajstić information content (AvgIpc) is 2.94. The number of nitrogens with one attached hydrogen (secondary N) is 2. The summed E-state index contributed by atoms with van der Waals surface area (Å²) in [7, 11) is 0. The maximum atomic E-state index is 11.8. The molecule has 2 aromatic heterocycles. The Balaban J connectivity index is 2.11. The molecule has 108 valence electrons. The van der Waals surface area contributed by atoms with E-state index in [1.807, 2.05) is 6.92 Å². The molecule has 0 aliphatic carbocycles. The zero-order valence-corrected chi connectivity index (χ0v) is 11.0. The van der Waals surface area contributed by atoms with Gasteiger partial charge in [0, 0.05) is 17.7 Å². The van der Waals surface area contributed by atoms with Crippen molar-refractivity contribution in [2.45, 2.75) is 25.2 Å². The van der Waals surface area contributed by atoms with Gasteiger partial charge in [-0.2, -0.15) is 0 Å². The zero-order chi connectivity index (χ0) is 14.4. The standard InChI is InChI=1S/C13H17N3O4/c1-5-8(4-17)20-12(11(5)18)7-3-15-13(19)6-2-9(14)16-10(6)7/h2-3,5,8,11-12,16-18H,4,14H2,1H3,(H,15,19)/t5-,8-,11-,12?/m1/s1. The van der Waals surface area contributed by atoms with Crippen molar-refractivity contribution in [2.75, 3.05) is 12.3 Å². The SMILES string of the molecule is C[C@@H]1[C@@H](CO)OC(c2c[nH]c(=O)c3cc(N)[nH]c23)[C@@H]1O. The number of aliphatic hydroxyl groups excluding tert-OH is 2. The molecule has 20 heavy (non-hydrogen) atoms. The first kappa shape index (κ1) is 13.2. The summed E-state index contributed by atoms with van der Waals surface area (Å²) < 4.78 is 5.70. The largest absolute Gasteiger partial charge is 0.394 e. The monoisotopic (exact) mass is 279 g/mol. The molecule has 1 aliphatic heterocycles. The predicted octanol–water partition coefficient (Wildman–Crippen LogP) is -0.132. The number of aliphatic hydroxyl groups is 2. The number of pyridine rings is 1. The van der Waals surface area contributed by atoms with Crippen LogP contribution in [0.4, 0.5) is 5.82 Å². The lowest BCUT2D eigenvalue weighted by atomic mass is 9.95. The van der Waals surface area contributed by atoms with Crippen LogP contribution in [-0.4, -0.2) is 39.0 Å². The lowest BCUT2D eigenvalue weighted by Crippen LogP contribution is -2.24. The van der Waals surface area contributed by atoms with Gasteiger partial charge in [-0.25, -0.2) is 0 Å². The van der Waals surface area contributed by atoms with E-state index in [9.17, 15) is 15.0 Å². The van der Waals surface area contributed by atoms with Gasteiger partial charge in [0.15, 0.2) is 0 Å². The van der Waals surface area contributed by atoms with Crippen LogP contribution in [0.1, 0.15) is 18.6 Å². The van der Waals surface area contributed by atoms with Crippen molar-refractivity contribution >= 4 is 16.7 Å².